The fourth-order valence-corrected chi connectivity index (χ4v) is 3.79. The first-order valence-corrected chi connectivity index (χ1v) is 10.8. The van der Waals surface area contributed by atoms with Crippen LogP contribution in [0.25, 0.3) is 0 Å². The molecular weight excluding hydrogens is 463 g/mol. The number of carbonyl (C=O) groups is 4. The van der Waals surface area contributed by atoms with Crippen LogP contribution in [0.5, 0.6) is 0 Å². The van der Waals surface area contributed by atoms with Gasteiger partial charge in [0.25, 0.3) is 5.91 Å². The molecule has 10 heteroatoms. The minimum Gasteiger partial charge on any atom is -0.478 e. The zero-order valence-electron chi connectivity index (χ0n) is 17.7. The minimum absolute atomic E-state index is 0.0927. The van der Waals surface area contributed by atoms with Crippen molar-refractivity contribution in [1.82, 2.24) is 0 Å². The second-order valence-corrected chi connectivity index (χ2v) is 8.49. The van der Waals surface area contributed by atoms with E-state index in [1.165, 1.54) is 30.0 Å². The van der Waals surface area contributed by atoms with Crippen LogP contribution < -0.4 is 10.6 Å². The number of anilines is 2. The molecule has 1 atom stereocenters. The third-order valence-electron chi connectivity index (χ3n) is 4.67. The van der Waals surface area contributed by atoms with E-state index in [9.17, 15) is 28.7 Å². The number of hydrogen-bond acceptors (Lipinski definition) is 5. The highest BCUT2D eigenvalue weighted by molar-refractivity contribution is 8.00. The summed E-state index contributed by atoms with van der Waals surface area (Å²) >= 11 is 1.23. The number of thioether (sulfide) groups is 1. The van der Waals surface area contributed by atoms with E-state index in [2.05, 4.69) is 10.6 Å². The maximum absolute atomic E-state index is 13.7. The molecule has 0 bridgehead atoms. The van der Waals surface area contributed by atoms with Gasteiger partial charge in [0.15, 0.2) is 0 Å². The van der Waals surface area contributed by atoms with Crippen molar-refractivity contribution in [3.63, 3.8) is 0 Å². The molecular formula is C24H19FN2O6S. The topological polar surface area (TPSA) is 133 Å². The lowest BCUT2D eigenvalue weighted by Crippen LogP contribution is -2.22. The lowest BCUT2D eigenvalue weighted by atomic mass is 10.0. The number of benzene rings is 3. The van der Waals surface area contributed by atoms with Crippen LogP contribution in [0.2, 0.25) is 0 Å². The summed E-state index contributed by atoms with van der Waals surface area (Å²) in [5.41, 5.74) is -0.399. The van der Waals surface area contributed by atoms with Crippen LogP contribution in [0.15, 0.2) is 71.6 Å². The Bertz CT molecular complexity index is 1260. The number of carboxylic acid groups (broad SMARTS) is 2. The summed E-state index contributed by atoms with van der Waals surface area (Å²) in [7, 11) is 0. The van der Waals surface area contributed by atoms with E-state index in [0.717, 1.165) is 18.2 Å². The van der Waals surface area contributed by atoms with E-state index in [0.29, 0.717) is 10.6 Å². The van der Waals surface area contributed by atoms with Gasteiger partial charge in [-0.3, -0.25) is 9.59 Å². The number of para-hydroxylation sites is 1. The van der Waals surface area contributed by atoms with Crippen LogP contribution in [0.3, 0.4) is 0 Å². The molecule has 3 rings (SSSR count). The van der Waals surface area contributed by atoms with Crippen LogP contribution in [0.1, 0.15) is 38.0 Å². The molecule has 0 radical (unpaired) electrons. The first kappa shape index (κ1) is 24.5. The summed E-state index contributed by atoms with van der Waals surface area (Å²) in [5, 5.41) is 22.9. The largest absolute Gasteiger partial charge is 0.478 e. The zero-order chi connectivity index (χ0) is 24.8. The van der Waals surface area contributed by atoms with E-state index in [4.69, 9.17) is 5.11 Å². The molecule has 0 saturated carbocycles. The average molecular weight is 482 g/mol. The van der Waals surface area contributed by atoms with Crippen LogP contribution >= 0.6 is 11.8 Å². The Kier molecular flexibility index (Phi) is 7.64. The molecule has 0 heterocycles. The predicted octanol–water partition coefficient (Wildman–Crippen LogP) is 4.59. The summed E-state index contributed by atoms with van der Waals surface area (Å²) in [5.74, 6) is -4.36. The zero-order valence-corrected chi connectivity index (χ0v) is 18.6. The van der Waals surface area contributed by atoms with Crippen LogP contribution in [0.4, 0.5) is 15.8 Å². The number of nitrogens with one attached hydrogen (secondary N) is 2. The Morgan fingerprint density at radius 3 is 2.15 bits per heavy atom. The summed E-state index contributed by atoms with van der Waals surface area (Å²) in [4.78, 5) is 48.2. The van der Waals surface area contributed by atoms with Crippen molar-refractivity contribution in [3.05, 3.63) is 89.2 Å². The molecule has 0 aliphatic carbocycles. The van der Waals surface area contributed by atoms with E-state index >= 15 is 0 Å². The van der Waals surface area contributed by atoms with Crippen molar-refractivity contribution >= 4 is 46.9 Å². The fourth-order valence-electron chi connectivity index (χ4n) is 2.92. The van der Waals surface area contributed by atoms with Crippen molar-refractivity contribution < 1.29 is 33.8 Å². The Labute approximate surface area is 197 Å². The van der Waals surface area contributed by atoms with E-state index in [1.54, 1.807) is 37.3 Å². The third-order valence-corrected chi connectivity index (χ3v) is 5.78. The van der Waals surface area contributed by atoms with Crippen LogP contribution in [-0.2, 0) is 4.79 Å². The molecule has 0 aliphatic heterocycles. The van der Waals surface area contributed by atoms with Gasteiger partial charge < -0.3 is 20.8 Å². The molecule has 0 aromatic heterocycles. The Balaban J connectivity index is 1.65. The highest BCUT2D eigenvalue weighted by Crippen LogP contribution is 2.26. The maximum Gasteiger partial charge on any atom is 0.336 e. The maximum atomic E-state index is 13.7. The van der Waals surface area contributed by atoms with Gasteiger partial charge in [-0.1, -0.05) is 12.1 Å². The number of hydrogen-bond donors (Lipinski definition) is 4. The Morgan fingerprint density at radius 2 is 1.53 bits per heavy atom. The number of carbonyl (C=O) groups excluding carboxylic acids is 2. The second-order valence-electron chi connectivity index (χ2n) is 7.08. The van der Waals surface area contributed by atoms with Gasteiger partial charge in [0.1, 0.15) is 5.82 Å². The summed E-state index contributed by atoms with van der Waals surface area (Å²) < 4.78 is 13.7. The first-order valence-electron chi connectivity index (χ1n) is 9.90. The number of aromatic carboxylic acids is 2. The molecule has 0 aliphatic rings. The van der Waals surface area contributed by atoms with Gasteiger partial charge in [0.2, 0.25) is 5.91 Å². The Hall–Kier alpha value is -4.18. The SMILES string of the molecule is CC(Sc1ccc(NC(=O)c2ccc(C(=O)O)cc2C(=O)O)cc1)C(=O)Nc1ccccc1F. The van der Waals surface area contributed by atoms with Gasteiger partial charge in [-0.15, -0.1) is 11.8 Å². The number of halogens is 1. The highest BCUT2D eigenvalue weighted by Gasteiger charge is 2.20. The standard InChI is InChI=1S/C24H19FN2O6S/c1-13(21(28)27-20-5-3-2-4-19(20)25)34-16-9-7-15(8-10-16)26-22(29)17-11-6-14(23(30)31)12-18(17)24(32)33/h2-13H,1H3,(H,26,29)(H,27,28)(H,30,31)(H,32,33). The smallest absolute Gasteiger partial charge is 0.336 e. The summed E-state index contributed by atoms with van der Waals surface area (Å²) in [6, 6.07) is 15.6. The molecule has 174 valence electrons. The van der Waals surface area contributed by atoms with Crippen LogP contribution in [-0.4, -0.2) is 39.2 Å². The molecule has 1 unspecified atom stereocenters. The van der Waals surface area contributed by atoms with Crippen molar-refractivity contribution in [2.24, 2.45) is 0 Å². The van der Waals surface area contributed by atoms with E-state index in [-0.39, 0.29) is 22.7 Å². The highest BCUT2D eigenvalue weighted by atomic mass is 32.2. The molecule has 3 aromatic rings. The van der Waals surface area contributed by atoms with Gasteiger partial charge >= 0.3 is 11.9 Å². The summed E-state index contributed by atoms with van der Waals surface area (Å²) in [6.07, 6.45) is 0. The number of rotatable bonds is 8. The number of amides is 2. The van der Waals surface area contributed by atoms with Crippen LogP contribution in [0, 0.1) is 5.82 Å². The molecule has 3 aromatic carbocycles. The van der Waals surface area contributed by atoms with Gasteiger partial charge in [-0.2, -0.15) is 0 Å². The quantitative estimate of drug-likeness (QED) is 0.345. The molecule has 0 fully saturated rings. The predicted molar refractivity (Wildman–Crippen MR) is 125 cm³/mol. The third kappa shape index (κ3) is 5.99. The van der Waals surface area contributed by atoms with Gasteiger partial charge in [0.05, 0.1) is 27.6 Å². The van der Waals surface area contributed by atoms with Crippen molar-refractivity contribution in [2.45, 2.75) is 17.1 Å². The molecule has 0 spiro atoms. The monoisotopic (exact) mass is 482 g/mol. The van der Waals surface area contributed by atoms with Gasteiger partial charge in [-0.05, 0) is 61.5 Å². The molecule has 2 amide bonds. The minimum atomic E-state index is -1.43. The number of carboxylic acids is 2. The second kappa shape index (κ2) is 10.6. The normalized spacial score (nSPS) is 11.4. The van der Waals surface area contributed by atoms with E-state index in [1.807, 2.05) is 0 Å². The molecule has 8 nitrogen and oxygen atoms in total. The lowest BCUT2D eigenvalue weighted by Gasteiger charge is -2.13. The van der Waals surface area contributed by atoms with Crippen molar-refractivity contribution in [1.29, 1.82) is 0 Å². The molecule has 34 heavy (non-hydrogen) atoms. The first-order chi connectivity index (χ1) is 16.2. The fraction of sp³-hybridized carbons (Fsp3) is 0.0833. The van der Waals surface area contributed by atoms with E-state index < -0.39 is 34.5 Å². The lowest BCUT2D eigenvalue weighted by molar-refractivity contribution is -0.115. The molecule has 4 N–H and O–H groups in total. The van der Waals surface area contributed by atoms with Gasteiger partial charge in [0, 0.05) is 10.6 Å². The average Bonchev–Trinajstić information content (AvgIpc) is 2.81. The van der Waals surface area contributed by atoms with Crippen molar-refractivity contribution in [2.75, 3.05) is 10.6 Å². The molecule has 0 saturated heterocycles. The van der Waals surface area contributed by atoms with Crippen molar-refractivity contribution in [3.8, 4) is 0 Å². The summed E-state index contributed by atoms with van der Waals surface area (Å²) in [6.45, 7) is 1.67. The van der Waals surface area contributed by atoms with Gasteiger partial charge in [-0.25, -0.2) is 14.0 Å². The Morgan fingerprint density at radius 1 is 0.853 bits per heavy atom.